The molecule has 1 fully saturated rings. The lowest BCUT2D eigenvalue weighted by Gasteiger charge is -2.20. The molecule has 38 heavy (non-hydrogen) atoms. The zero-order valence-corrected chi connectivity index (χ0v) is 23.0. The van der Waals surface area contributed by atoms with Crippen molar-refractivity contribution in [3.8, 4) is 5.75 Å². The molecule has 3 aromatic rings. The molecule has 0 aliphatic carbocycles. The number of anilines is 2. The first kappa shape index (κ1) is 26.5. The molecule has 5 rings (SSSR count). The van der Waals surface area contributed by atoms with Gasteiger partial charge in [0.15, 0.2) is 0 Å². The summed E-state index contributed by atoms with van der Waals surface area (Å²) >= 11 is 24.6. The monoisotopic (exact) mass is 590 g/mol. The number of rotatable bonds is 4. The van der Waals surface area contributed by atoms with Crippen LogP contribution in [0.4, 0.5) is 11.4 Å². The van der Waals surface area contributed by atoms with Crippen molar-refractivity contribution in [3.05, 3.63) is 84.8 Å². The Morgan fingerprint density at radius 1 is 0.868 bits per heavy atom. The number of ether oxygens (including phenoxy) is 1. The first-order valence-corrected chi connectivity index (χ1v) is 13.0. The molecule has 7 nitrogen and oxygen atoms in total. The predicted octanol–water partition coefficient (Wildman–Crippen LogP) is 6.68. The van der Waals surface area contributed by atoms with E-state index in [1.54, 1.807) is 4.90 Å². The van der Waals surface area contributed by atoms with E-state index >= 15 is 0 Å². The third-order valence-electron chi connectivity index (χ3n) is 6.72. The Hall–Kier alpha value is -3.10. The van der Waals surface area contributed by atoms with Gasteiger partial charge in [0.25, 0.3) is 11.8 Å². The summed E-state index contributed by atoms with van der Waals surface area (Å²) in [5, 5.41) is -0.634. The second kappa shape index (κ2) is 9.89. The molecule has 0 N–H and O–H groups in total. The van der Waals surface area contributed by atoms with Gasteiger partial charge in [-0.1, -0.05) is 64.6 Å². The average Bonchev–Trinajstić information content (AvgIpc) is 3.40. The van der Waals surface area contributed by atoms with Gasteiger partial charge in [-0.25, -0.2) is 4.90 Å². The summed E-state index contributed by atoms with van der Waals surface area (Å²) in [6.07, 6.45) is 0.00281. The van der Waals surface area contributed by atoms with Crippen molar-refractivity contribution in [1.82, 2.24) is 0 Å². The van der Waals surface area contributed by atoms with Gasteiger partial charge in [0.05, 0.1) is 42.8 Å². The highest BCUT2D eigenvalue weighted by Crippen LogP contribution is 2.46. The number of imide groups is 1. The number of aryl methyl sites for hydroxylation is 1. The smallest absolute Gasteiger partial charge is 0.316 e. The van der Waals surface area contributed by atoms with E-state index in [1.807, 2.05) is 32.0 Å². The highest BCUT2D eigenvalue weighted by atomic mass is 35.5. The van der Waals surface area contributed by atoms with Crippen molar-refractivity contribution in [2.75, 3.05) is 16.3 Å². The van der Waals surface area contributed by atoms with Gasteiger partial charge in [0, 0.05) is 24.7 Å². The van der Waals surface area contributed by atoms with Crippen molar-refractivity contribution in [1.29, 1.82) is 0 Å². The van der Waals surface area contributed by atoms with Crippen molar-refractivity contribution in [2.24, 2.45) is 5.92 Å². The first-order valence-electron chi connectivity index (χ1n) is 11.4. The van der Waals surface area contributed by atoms with Crippen LogP contribution in [0.15, 0.2) is 42.5 Å². The molecule has 194 valence electrons. The zero-order chi connectivity index (χ0) is 27.5. The Balaban J connectivity index is 1.37. The second-order valence-electron chi connectivity index (χ2n) is 8.99. The van der Waals surface area contributed by atoms with Gasteiger partial charge in [-0.2, -0.15) is 0 Å². The number of halogens is 4. The highest BCUT2D eigenvalue weighted by Gasteiger charge is 2.43. The first-order chi connectivity index (χ1) is 18.0. The molecule has 0 aromatic heterocycles. The van der Waals surface area contributed by atoms with Gasteiger partial charge < -0.3 is 9.64 Å². The molecule has 1 atom stereocenters. The van der Waals surface area contributed by atoms with Gasteiger partial charge >= 0.3 is 5.97 Å². The van der Waals surface area contributed by atoms with Crippen LogP contribution in [0, 0.1) is 19.8 Å². The Bertz CT molecular complexity index is 1520. The quantitative estimate of drug-likeness (QED) is 0.111. The van der Waals surface area contributed by atoms with Gasteiger partial charge in [-0.05, 0) is 43.2 Å². The van der Waals surface area contributed by atoms with Crippen molar-refractivity contribution in [2.45, 2.75) is 20.3 Å². The normalized spacial score (nSPS) is 16.9. The van der Waals surface area contributed by atoms with Crippen LogP contribution in [-0.2, 0) is 9.59 Å². The number of fused-ring (bicyclic) bond motifs is 1. The molecule has 0 unspecified atom stereocenters. The Morgan fingerprint density at radius 2 is 1.47 bits per heavy atom. The van der Waals surface area contributed by atoms with E-state index in [2.05, 4.69) is 0 Å². The summed E-state index contributed by atoms with van der Waals surface area (Å²) in [6, 6.07) is 11.5. The number of carbonyl (C=O) groups is 4. The van der Waals surface area contributed by atoms with E-state index in [0.717, 1.165) is 21.7 Å². The van der Waals surface area contributed by atoms with Gasteiger partial charge in [0.1, 0.15) is 5.75 Å². The maximum atomic E-state index is 13.2. The highest BCUT2D eigenvalue weighted by molar-refractivity contribution is 6.56. The lowest BCUT2D eigenvalue weighted by Crippen LogP contribution is -2.29. The molecular formula is C27H18Cl4N2O5. The molecule has 0 bridgehead atoms. The largest absolute Gasteiger partial charge is 0.426 e. The second-order valence-corrected chi connectivity index (χ2v) is 10.5. The van der Waals surface area contributed by atoms with Crippen LogP contribution in [0.5, 0.6) is 5.75 Å². The summed E-state index contributed by atoms with van der Waals surface area (Å²) in [5.41, 5.74) is 2.57. The van der Waals surface area contributed by atoms with Crippen LogP contribution in [0.25, 0.3) is 0 Å². The molecule has 0 radical (unpaired) electrons. The van der Waals surface area contributed by atoms with Crippen LogP contribution in [0.3, 0.4) is 0 Å². The molecule has 3 aromatic carbocycles. The van der Waals surface area contributed by atoms with Crippen LogP contribution in [0.2, 0.25) is 20.1 Å². The minimum absolute atomic E-state index is 0.00281. The lowest BCUT2D eigenvalue weighted by atomic mass is 10.1. The fraction of sp³-hybridized carbons (Fsp3) is 0.185. The van der Waals surface area contributed by atoms with Crippen LogP contribution >= 0.6 is 46.4 Å². The summed E-state index contributed by atoms with van der Waals surface area (Å²) in [4.78, 5) is 54.4. The van der Waals surface area contributed by atoms with Crippen LogP contribution in [-0.4, -0.2) is 30.2 Å². The number of hydrogen-bond acceptors (Lipinski definition) is 5. The van der Waals surface area contributed by atoms with Gasteiger partial charge in [-0.15, -0.1) is 0 Å². The molecule has 0 saturated carbocycles. The standard InChI is InChI=1S/C27H18Cl4N2O5/c1-12-5-3-8-17(13(12)2)32-11-14(9-18(32)34)27(37)38-16-7-4-6-15(10-16)33-25(35)19-20(26(33)36)22(29)24(31)23(30)21(19)28/h3-8,10,14H,9,11H2,1-2H3/t14-/m1/s1. The molecule has 0 spiro atoms. The number of benzene rings is 3. The van der Waals surface area contributed by atoms with Gasteiger partial charge in [0.2, 0.25) is 5.91 Å². The number of esters is 1. The fourth-order valence-corrected chi connectivity index (χ4v) is 5.61. The Morgan fingerprint density at radius 3 is 2.11 bits per heavy atom. The van der Waals surface area contributed by atoms with E-state index in [0.29, 0.717) is 0 Å². The summed E-state index contributed by atoms with van der Waals surface area (Å²) in [7, 11) is 0. The van der Waals surface area contributed by atoms with E-state index in [-0.39, 0.29) is 61.5 Å². The number of nitrogens with zero attached hydrogens (tertiary/aromatic N) is 2. The maximum absolute atomic E-state index is 13.2. The van der Waals surface area contributed by atoms with Crippen LogP contribution < -0.4 is 14.5 Å². The fourth-order valence-electron chi connectivity index (χ4n) is 4.60. The zero-order valence-electron chi connectivity index (χ0n) is 20.0. The van der Waals surface area contributed by atoms with Crippen molar-refractivity contribution >= 4 is 81.5 Å². The SMILES string of the molecule is Cc1cccc(N2C[C@H](C(=O)Oc3cccc(N4C(=O)c5c(Cl)c(Cl)c(Cl)c(Cl)c5C4=O)c3)CC2=O)c1C. The molecule has 3 amide bonds. The summed E-state index contributed by atoms with van der Waals surface area (Å²) in [6.45, 7) is 4.06. The number of hydrogen-bond donors (Lipinski definition) is 0. The van der Waals surface area contributed by atoms with E-state index in [1.165, 1.54) is 24.3 Å². The van der Waals surface area contributed by atoms with Crippen molar-refractivity contribution in [3.63, 3.8) is 0 Å². The van der Waals surface area contributed by atoms with E-state index in [9.17, 15) is 19.2 Å². The minimum Gasteiger partial charge on any atom is -0.426 e. The molecule has 1 saturated heterocycles. The maximum Gasteiger partial charge on any atom is 0.316 e. The predicted molar refractivity (Wildman–Crippen MR) is 146 cm³/mol. The van der Waals surface area contributed by atoms with E-state index < -0.39 is 23.7 Å². The number of carbonyl (C=O) groups excluding carboxylic acids is 4. The minimum atomic E-state index is -0.746. The molecule has 2 aliphatic heterocycles. The number of amides is 3. The van der Waals surface area contributed by atoms with E-state index in [4.69, 9.17) is 51.1 Å². The molecule has 2 heterocycles. The average molecular weight is 592 g/mol. The molecule has 11 heteroatoms. The lowest BCUT2D eigenvalue weighted by molar-refractivity contribution is -0.139. The van der Waals surface area contributed by atoms with Crippen LogP contribution in [0.1, 0.15) is 38.3 Å². The topological polar surface area (TPSA) is 84.0 Å². The summed E-state index contributed by atoms with van der Waals surface area (Å²) in [5.74, 6) is -2.86. The Kier molecular flexibility index (Phi) is 6.90. The third-order valence-corrected chi connectivity index (χ3v) is 8.52. The Labute approximate surface area is 237 Å². The van der Waals surface area contributed by atoms with Gasteiger partial charge in [-0.3, -0.25) is 19.2 Å². The molecule has 2 aliphatic rings. The summed E-state index contributed by atoms with van der Waals surface area (Å²) < 4.78 is 5.56. The van der Waals surface area contributed by atoms with Crippen molar-refractivity contribution < 1.29 is 23.9 Å². The molecular weight excluding hydrogens is 574 g/mol. The third kappa shape index (κ3) is 4.24.